The van der Waals surface area contributed by atoms with Crippen LogP contribution in [0.4, 0.5) is 5.69 Å². The lowest BCUT2D eigenvalue weighted by atomic mass is 10.1. The van der Waals surface area contributed by atoms with Crippen LogP contribution in [0.1, 0.15) is 37.0 Å². The quantitative estimate of drug-likeness (QED) is 0.767. The first-order valence-corrected chi connectivity index (χ1v) is 5.07. The lowest BCUT2D eigenvalue weighted by Crippen LogP contribution is -1.98. The van der Waals surface area contributed by atoms with Crippen LogP contribution < -0.4 is 0 Å². The van der Waals surface area contributed by atoms with Gasteiger partial charge in [-0.3, -0.25) is 4.99 Å². The highest BCUT2D eigenvalue weighted by molar-refractivity contribution is 5.96. The summed E-state index contributed by atoms with van der Waals surface area (Å²) in [6, 6.07) is 6.81. The lowest BCUT2D eigenvalue weighted by molar-refractivity contribution is 0.0698. The molecule has 0 radical (unpaired) electrons. The Kier molecular flexibility index (Phi) is 4.03. The molecule has 0 aromatic heterocycles. The van der Waals surface area contributed by atoms with Crippen LogP contribution in [0.15, 0.2) is 29.3 Å². The van der Waals surface area contributed by atoms with Crippen molar-refractivity contribution in [3.05, 3.63) is 29.8 Å². The molecule has 0 spiro atoms. The molecule has 0 aliphatic carbocycles. The summed E-state index contributed by atoms with van der Waals surface area (Å²) in [5.74, 6) is -0.930. The number of nitrogens with zero attached hydrogens (tertiary/aromatic N) is 1. The molecule has 1 aromatic carbocycles. The molecule has 0 aliphatic heterocycles. The van der Waals surface area contributed by atoms with Gasteiger partial charge in [-0.2, -0.15) is 0 Å². The van der Waals surface area contributed by atoms with Crippen LogP contribution in [0.3, 0.4) is 0 Å². The van der Waals surface area contributed by atoms with Gasteiger partial charge in [-0.05, 0) is 25.0 Å². The number of hydrogen-bond donors (Lipinski definition) is 1. The summed E-state index contributed by atoms with van der Waals surface area (Å²) in [4.78, 5) is 15.3. The minimum atomic E-state index is -0.930. The van der Waals surface area contributed by atoms with E-state index in [1.807, 2.05) is 13.8 Å². The van der Waals surface area contributed by atoms with Gasteiger partial charge in [0.1, 0.15) is 0 Å². The number of para-hydroxylation sites is 1. The first kappa shape index (κ1) is 11.4. The van der Waals surface area contributed by atoms with Gasteiger partial charge in [-0.25, -0.2) is 4.79 Å². The zero-order chi connectivity index (χ0) is 11.3. The molecule has 3 heteroatoms. The first-order valence-electron chi connectivity index (χ1n) is 5.07. The predicted octanol–water partition coefficient (Wildman–Crippen LogP) is 3.28. The van der Waals surface area contributed by atoms with Gasteiger partial charge in [-0.1, -0.05) is 26.0 Å². The number of carboxylic acids is 1. The highest BCUT2D eigenvalue weighted by Gasteiger charge is 2.08. The number of carboxylic acid groups (broad SMARTS) is 1. The summed E-state index contributed by atoms with van der Waals surface area (Å²) >= 11 is 0. The molecule has 0 unspecified atom stereocenters. The Morgan fingerprint density at radius 3 is 2.40 bits per heavy atom. The highest BCUT2D eigenvalue weighted by atomic mass is 16.4. The predicted molar refractivity (Wildman–Crippen MR) is 61.1 cm³/mol. The van der Waals surface area contributed by atoms with Crippen molar-refractivity contribution in [1.82, 2.24) is 0 Å². The summed E-state index contributed by atoms with van der Waals surface area (Å²) in [5.41, 5.74) is 1.82. The number of hydrogen-bond acceptors (Lipinski definition) is 2. The average Bonchev–Trinajstić information content (AvgIpc) is 2.26. The Balaban J connectivity index is 3.13. The number of carbonyl (C=O) groups is 1. The number of benzene rings is 1. The molecule has 0 amide bonds. The van der Waals surface area contributed by atoms with Gasteiger partial charge in [0, 0.05) is 5.71 Å². The molecular weight excluding hydrogens is 190 g/mol. The van der Waals surface area contributed by atoms with Crippen LogP contribution >= 0.6 is 0 Å². The summed E-state index contributed by atoms with van der Waals surface area (Å²) in [7, 11) is 0. The topological polar surface area (TPSA) is 49.7 Å². The Hall–Kier alpha value is -1.64. The third kappa shape index (κ3) is 2.91. The monoisotopic (exact) mass is 205 g/mol. The number of aromatic carboxylic acids is 1. The first-order chi connectivity index (χ1) is 7.19. The van der Waals surface area contributed by atoms with Gasteiger partial charge in [0.2, 0.25) is 0 Å². The van der Waals surface area contributed by atoms with Crippen molar-refractivity contribution >= 4 is 17.4 Å². The fraction of sp³-hybridized carbons (Fsp3) is 0.333. The van der Waals surface area contributed by atoms with Crippen LogP contribution in [0.2, 0.25) is 0 Å². The molecule has 0 fully saturated rings. The summed E-state index contributed by atoms with van der Waals surface area (Å²) < 4.78 is 0. The van der Waals surface area contributed by atoms with E-state index in [4.69, 9.17) is 5.11 Å². The van der Waals surface area contributed by atoms with Crippen LogP contribution in [0.25, 0.3) is 0 Å². The molecule has 1 rings (SSSR count). The third-order valence-electron chi connectivity index (χ3n) is 2.23. The zero-order valence-electron chi connectivity index (χ0n) is 9.03. The minimum Gasteiger partial charge on any atom is -0.478 e. The molecule has 0 heterocycles. The van der Waals surface area contributed by atoms with E-state index in [-0.39, 0.29) is 5.56 Å². The van der Waals surface area contributed by atoms with E-state index in [1.54, 1.807) is 24.3 Å². The Labute approximate surface area is 89.5 Å². The van der Waals surface area contributed by atoms with E-state index in [9.17, 15) is 4.79 Å². The smallest absolute Gasteiger partial charge is 0.337 e. The SMILES string of the molecule is CCC(CC)=Nc1ccccc1C(=O)O. The van der Waals surface area contributed by atoms with Gasteiger partial charge < -0.3 is 5.11 Å². The number of aliphatic imine (C=N–C) groups is 1. The lowest BCUT2D eigenvalue weighted by Gasteiger charge is -2.03. The fourth-order valence-electron chi connectivity index (χ4n) is 1.33. The average molecular weight is 205 g/mol. The van der Waals surface area contributed by atoms with Crippen LogP contribution in [0.5, 0.6) is 0 Å². The van der Waals surface area contributed by atoms with Crippen molar-refractivity contribution < 1.29 is 9.90 Å². The second-order valence-corrected chi connectivity index (χ2v) is 3.21. The van der Waals surface area contributed by atoms with Crippen molar-refractivity contribution in [3.63, 3.8) is 0 Å². The van der Waals surface area contributed by atoms with Gasteiger partial charge in [-0.15, -0.1) is 0 Å². The van der Waals surface area contributed by atoms with Gasteiger partial charge >= 0.3 is 5.97 Å². The van der Waals surface area contributed by atoms with Gasteiger partial charge in [0.25, 0.3) is 0 Å². The van der Waals surface area contributed by atoms with Gasteiger partial charge in [0.15, 0.2) is 0 Å². The van der Waals surface area contributed by atoms with Crippen LogP contribution in [-0.2, 0) is 0 Å². The van der Waals surface area contributed by atoms with Crippen LogP contribution in [-0.4, -0.2) is 16.8 Å². The maximum atomic E-state index is 10.9. The second-order valence-electron chi connectivity index (χ2n) is 3.21. The van der Waals surface area contributed by atoms with Crippen molar-refractivity contribution in [3.8, 4) is 0 Å². The van der Waals surface area contributed by atoms with E-state index in [0.29, 0.717) is 5.69 Å². The molecule has 0 saturated carbocycles. The largest absolute Gasteiger partial charge is 0.478 e. The van der Waals surface area contributed by atoms with Crippen LogP contribution in [0, 0.1) is 0 Å². The van der Waals surface area contributed by atoms with E-state index in [0.717, 1.165) is 18.6 Å². The summed E-state index contributed by atoms with van der Waals surface area (Å²) in [6.45, 7) is 4.04. The zero-order valence-corrected chi connectivity index (χ0v) is 9.03. The second kappa shape index (κ2) is 5.29. The van der Waals surface area contributed by atoms with Crippen molar-refractivity contribution in [1.29, 1.82) is 0 Å². The van der Waals surface area contributed by atoms with E-state index < -0.39 is 5.97 Å². The maximum absolute atomic E-state index is 10.9. The highest BCUT2D eigenvalue weighted by Crippen LogP contribution is 2.19. The number of rotatable bonds is 4. The van der Waals surface area contributed by atoms with Crippen molar-refractivity contribution in [2.24, 2.45) is 4.99 Å². The standard InChI is InChI=1S/C12H15NO2/c1-3-9(4-2)13-11-8-6-5-7-10(11)12(14)15/h5-8H,3-4H2,1-2H3,(H,14,15). The van der Waals surface area contributed by atoms with E-state index in [1.165, 1.54) is 0 Å². The molecule has 1 aromatic rings. The molecule has 15 heavy (non-hydrogen) atoms. The minimum absolute atomic E-state index is 0.261. The Morgan fingerprint density at radius 1 is 1.27 bits per heavy atom. The maximum Gasteiger partial charge on any atom is 0.337 e. The molecule has 3 nitrogen and oxygen atoms in total. The molecule has 1 N–H and O–H groups in total. The Morgan fingerprint density at radius 2 is 1.87 bits per heavy atom. The normalized spacial score (nSPS) is 9.73. The summed E-state index contributed by atoms with van der Waals surface area (Å²) in [5, 5.41) is 8.95. The molecule has 0 bridgehead atoms. The molecule has 80 valence electrons. The van der Waals surface area contributed by atoms with Crippen molar-refractivity contribution in [2.75, 3.05) is 0 Å². The molecule has 0 aliphatic rings. The molecule has 0 atom stereocenters. The van der Waals surface area contributed by atoms with E-state index >= 15 is 0 Å². The molecular formula is C12H15NO2. The third-order valence-corrected chi connectivity index (χ3v) is 2.23. The van der Waals surface area contributed by atoms with Crippen molar-refractivity contribution in [2.45, 2.75) is 26.7 Å². The Bertz CT molecular complexity index is 377. The fourth-order valence-corrected chi connectivity index (χ4v) is 1.33. The van der Waals surface area contributed by atoms with Gasteiger partial charge in [0.05, 0.1) is 11.3 Å². The van der Waals surface area contributed by atoms with E-state index in [2.05, 4.69) is 4.99 Å². The summed E-state index contributed by atoms with van der Waals surface area (Å²) in [6.07, 6.45) is 1.70. The molecule has 0 saturated heterocycles.